The van der Waals surface area contributed by atoms with Crippen molar-refractivity contribution in [2.45, 2.75) is 26.3 Å². The van der Waals surface area contributed by atoms with Crippen LogP contribution in [0.3, 0.4) is 0 Å². The second-order valence-corrected chi connectivity index (χ2v) is 7.97. The number of aromatic nitrogens is 1. The molecule has 1 fully saturated rings. The summed E-state index contributed by atoms with van der Waals surface area (Å²) in [7, 11) is 0. The first-order valence-electron chi connectivity index (χ1n) is 10.2. The maximum atomic E-state index is 13.3. The number of anilines is 1. The number of nitrogens with one attached hydrogen (secondary N) is 1. The summed E-state index contributed by atoms with van der Waals surface area (Å²) < 4.78 is 2.13. The summed E-state index contributed by atoms with van der Waals surface area (Å²) in [6, 6.07) is 13.9. The molecule has 162 valence electrons. The van der Waals surface area contributed by atoms with Gasteiger partial charge in [-0.1, -0.05) is 31.2 Å². The molecule has 8 heteroatoms. The molecule has 2 amide bonds. The summed E-state index contributed by atoms with van der Waals surface area (Å²) in [5.41, 5.74) is 1.96. The van der Waals surface area contributed by atoms with Crippen molar-refractivity contribution >= 4 is 57.8 Å². The van der Waals surface area contributed by atoms with Gasteiger partial charge >= 0.3 is 5.97 Å². The Morgan fingerprint density at radius 2 is 1.94 bits per heavy atom. The second kappa shape index (κ2) is 8.39. The van der Waals surface area contributed by atoms with Crippen molar-refractivity contribution in [3.63, 3.8) is 0 Å². The lowest BCUT2D eigenvalue weighted by molar-refractivity contribution is -0.122. The van der Waals surface area contributed by atoms with E-state index in [9.17, 15) is 19.5 Å². The number of rotatable bonds is 5. The quantitative estimate of drug-likeness (QED) is 0.348. The van der Waals surface area contributed by atoms with Crippen LogP contribution in [0.1, 0.15) is 42.2 Å². The number of aromatic carboxylic acids is 1. The van der Waals surface area contributed by atoms with E-state index < -0.39 is 17.8 Å². The molecule has 2 heterocycles. The number of benzene rings is 2. The molecule has 32 heavy (non-hydrogen) atoms. The van der Waals surface area contributed by atoms with Crippen molar-refractivity contribution in [3.8, 4) is 0 Å². The molecule has 3 aromatic rings. The first kappa shape index (κ1) is 21.5. The molecule has 0 bridgehead atoms. The van der Waals surface area contributed by atoms with Crippen molar-refractivity contribution < 1.29 is 19.5 Å². The Morgan fingerprint density at radius 3 is 2.66 bits per heavy atom. The predicted octanol–water partition coefficient (Wildman–Crippen LogP) is 4.14. The smallest absolute Gasteiger partial charge is 0.335 e. The van der Waals surface area contributed by atoms with E-state index in [1.807, 2.05) is 30.5 Å². The average Bonchev–Trinajstić information content (AvgIpc) is 3.14. The number of para-hydroxylation sites is 1. The highest BCUT2D eigenvalue weighted by molar-refractivity contribution is 7.80. The summed E-state index contributed by atoms with van der Waals surface area (Å²) in [6.07, 6.45) is 4.43. The lowest BCUT2D eigenvalue weighted by Crippen LogP contribution is -2.54. The molecule has 0 saturated carbocycles. The fraction of sp³-hybridized carbons (Fsp3) is 0.167. The first-order chi connectivity index (χ1) is 15.3. The Bertz CT molecular complexity index is 1310. The molecule has 1 aliphatic heterocycles. The van der Waals surface area contributed by atoms with Crippen molar-refractivity contribution in [1.29, 1.82) is 0 Å². The summed E-state index contributed by atoms with van der Waals surface area (Å²) in [5.74, 6) is -2.33. The van der Waals surface area contributed by atoms with Crippen LogP contribution in [0.15, 0.2) is 60.3 Å². The normalized spacial score (nSPS) is 16.5. The first-order valence-corrected chi connectivity index (χ1v) is 10.6. The number of carbonyl (C=O) groups is 3. The summed E-state index contributed by atoms with van der Waals surface area (Å²) in [6.45, 7) is 4.21. The van der Waals surface area contributed by atoms with Crippen LogP contribution in [0.5, 0.6) is 0 Å². The lowest BCUT2D eigenvalue weighted by Gasteiger charge is -2.29. The number of amides is 2. The van der Waals surface area contributed by atoms with Crippen LogP contribution in [0.4, 0.5) is 5.69 Å². The van der Waals surface area contributed by atoms with E-state index in [1.165, 1.54) is 18.2 Å². The maximum absolute atomic E-state index is 13.3. The molecule has 1 saturated heterocycles. The average molecular weight is 448 g/mol. The van der Waals surface area contributed by atoms with Gasteiger partial charge in [-0.3, -0.25) is 19.8 Å². The van der Waals surface area contributed by atoms with Crippen LogP contribution in [0.25, 0.3) is 17.0 Å². The molecule has 1 aromatic heterocycles. The van der Waals surface area contributed by atoms with E-state index in [2.05, 4.69) is 23.7 Å². The van der Waals surface area contributed by atoms with E-state index in [-0.39, 0.29) is 28.0 Å². The van der Waals surface area contributed by atoms with Crippen molar-refractivity contribution in [2.75, 3.05) is 4.90 Å². The lowest BCUT2D eigenvalue weighted by atomic mass is 10.1. The van der Waals surface area contributed by atoms with Crippen LogP contribution in [-0.2, 0) is 9.59 Å². The van der Waals surface area contributed by atoms with Crippen LogP contribution < -0.4 is 10.2 Å². The molecule has 4 rings (SSSR count). The van der Waals surface area contributed by atoms with Gasteiger partial charge in [0, 0.05) is 28.7 Å². The van der Waals surface area contributed by atoms with Gasteiger partial charge < -0.3 is 9.67 Å². The minimum absolute atomic E-state index is 0.0113. The number of nitrogens with zero attached hydrogens (tertiary/aromatic N) is 2. The summed E-state index contributed by atoms with van der Waals surface area (Å²) in [5, 5.41) is 12.6. The van der Waals surface area contributed by atoms with Crippen LogP contribution in [0.2, 0.25) is 0 Å². The molecule has 2 N–H and O–H groups in total. The highest BCUT2D eigenvalue weighted by Gasteiger charge is 2.35. The topological polar surface area (TPSA) is 91.6 Å². The number of hydrogen-bond donors (Lipinski definition) is 2. The SMILES string of the molecule is CCC(C)n1cc(C=C2C(=O)NC(=S)N(c3cccc(C(=O)O)c3)C2=O)c2ccccc21. The van der Waals surface area contributed by atoms with Gasteiger partial charge in [-0.2, -0.15) is 0 Å². The Hall–Kier alpha value is -3.78. The molecule has 1 unspecified atom stereocenters. The molecule has 2 aromatic carbocycles. The molecule has 0 spiro atoms. The Morgan fingerprint density at radius 1 is 1.19 bits per heavy atom. The van der Waals surface area contributed by atoms with Crippen molar-refractivity contribution in [3.05, 3.63) is 71.4 Å². The minimum atomic E-state index is -1.13. The highest BCUT2D eigenvalue weighted by atomic mass is 32.1. The molecule has 1 aliphatic rings. The third-order valence-electron chi connectivity index (χ3n) is 5.59. The van der Waals surface area contributed by atoms with Crippen LogP contribution in [-0.4, -0.2) is 32.6 Å². The number of hydrogen-bond acceptors (Lipinski definition) is 4. The van der Waals surface area contributed by atoms with Gasteiger partial charge in [0.25, 0.3) is 11.8 Å². The van der Waals surface area contributed by atoms with E-state index in [1.54, 1.807) is 12.1 Å². The number of carbonyl (C=O) groups excluding carboxylic acids is 2. The third-order valence-corrected chi connectivity index (χ3v) is 5.87. The zero-order chi connectivity index (χ0) is 23.0. The Balaban J connectivity index is 1.81. The molecular formula is C24H21N3O4S. The van der Waals surface area contributed by atoms with Gasteiger partial charge in [0.05, 0.1) is 11.3 Å². The maximum Gasteiger partial charge on any atom is 0.335 e. The molecule has 0 aliphatic carbocycles. The molecule has 1 atom stereocenters. The summed E-state index contributed by atoms with van der Waals surface area (Å²) in [4.78, 5) is 38.5. The molecule has 7 nitrogen and oxygen atoms in total. The number of carboxylic acid groups (broad SMARTS) is 1. The number of carboxylic acids is 1. The fourth-order valence-electron chi connectivity index (χ4n) is 3.73. The van der Waals surface area contributed by atoms with Gasteiger partial charge in [0.1, 0.15) is 5.57 Å². The van der Waals surface area contributed by atoms with Gasteiger partial charge in [-0.15, -0.1) is 0 Å². The highest BCUT2D eigenvalue weighted by Crippen LogP contribution is 2.29. The monoisotopic (exact) mass is 447 g/mol. The molecular weight excluding hydrogens is 426 g/mol. The number of fused-ring (bicyclic) bond motifs is 1. The fourth-order valence-corrected chi connectivity index (χ4v) is 4.01. The van der Waals surface area contributed by atoms with E-state index >= 15 is 0 Å². The van der Waals surface area contributed by atoms with Crippen molar-refractivity contribution in [2.24, 2.45) is 0 Å². The number of thiocarbonyl (C=S) groups is 1. The second-order valence-electron chi connectivity index (χ2n) is 7.58. The van der Waals surface area contributed by atoms with Gasteiger partial charge in [-0.25, -0.2) is 4.79 Å². The van der Waals surface area contributed by atoms with Gasteiger partial charge in [0.15, 0.2) is 5.11 Å². The zero-order valence-electron chi connectivity index (χ0n) is 17.5. The molecule has 0 radical (unpaired) electrons. The van der Waals surface area contributed by atoms with E-state index in [0.717, 1.165) is 27.8 Å². The van der Waals surface area contributed by atoms with E-state index in [0.29, 0.717) is 0 Å². The van der Waals surface area contributed by atoms with Crippen molar-refractivity contribution in [1.82, 2.24) is 9.88 Å². The third kappa shape index (κ3) is 3.69. The van der Waals surface area contributed by atoms with Crippen LogP contribution in [0, 0.1) is 0 Å². The van der Waals surface area contributed by atoms with Gasteiger partial charge in [0.2, 0.25) is 0 Å². The summed E-state index contributed by atoms with van der Waals surface area (Å²) >= 11 is 5.22. The zero-order valence-corrected chi connectivity index (χ0v) is 18.3. The van der Waals surface area contributed by atoms with Gasteiger partial charge in [-0.05, 0) is 55.9 Å². The van der Waals surface area contributed by atoms with E-state index in [4.69, 9.17) is 12.2 Å². The largest absolute Gasteiger partial charge is 0.478 e. The van der Waals surface area contributed by atoms with Crippen LogP contribution >= 0.6 is 12.2 Å². The predicted molar refractivity (Wildman–Crippen MR) is 127 cm³/mol. The Labute approximate surface area is 189 Å². The minimum Gasteiger partial charge on any atom is -0.478 e. The standard InChI is InChI=1S/C24H21N3O4S/c1-3-14(2)26-13-16(18-9-4-5-10-20(18)26)12-19-21(28)25-24(32)27(22(19)29)17-8-6-7-15(11-17)23(30)31/h4-14H,3H2,1-2H3,(H,30,31)(H,25,28,32). The Kier molecular flexibility index (Phi) is 5.63.